The first kappa shape index (κ1) is 26.4. The standard InChI is InChI=1S/C27H24Cl3N3O2S/c1-36(35)19-7-4-6-17(14-19)18-10-11-20(23(30)15-18)25(32-26-21(28)8-5-9-22(26)29)16-24(31)27(34)33-12-2-3-13-33/h4-11,14-16H,2-3,12-13,31H2,1H3. The molecular formula is C27H24Cl3N3O2S. The number of hydrogen-bond donors (Lipinski definition) is 1. The molecule has 5 nitrogen and oxygen atoms in total. The molecule has 0 radical (unpaired) electrons. The van der Waals surface area contributed by atoms with Gasteiger partial charge in [0.15, 0.2) is 0 Å². The third kappa shape index (κ3) is 6.01. The summed E-state index contributed by atoms with van der Waals surface area (Å²) >= 11 is 19.5. The van der Waals surface area contributed by atoms with Gasteiger partial charge in [-0.05, 0) is 60.4 Å². The van der Waals surface area contributed by atoms with Crippen molar-refractivity contribution in [2.24, 2.45) is 10.7 Å². The van der Waals surface area contributed by atoms with Crippen LogP contribution in [0.1, 0.15) is 18.4 Å². The number of hydrogen-bond acceptors (Lipinski definition) is 4. The summed E-state index contributed by atoms with van der Waals surface area (Å²) in [6.45, 7) is 1.35. The molecule has 3 aromatic rings. The molecule has 1 amide bonds. The Morgan fingerprint density at radius 3 is 2.22 bits per heavy atom. The number of para-hydroxylation sites is 1. The summed E-state index contributed by atoms with van der Waals surface area (Å²) in [5.74, 6) is -0.248. The third-order valence-electron chi connectivity index (χ3n) is 5.85. The number of likely N-dealkylation sites (tertiary alicyclic amines) is 1. The van der Waals surface area contributed by atoms with Crippen LogP contribution in [-0.2, 0) is 15.6 Å². The third-order valence-corrected chi connectivity index (χ3v) is 7.69. The average Bonchev–Trinajstić information content (AvgIpc) is 3.40. The molecule has 1 saturated heterocycles. The predicted octanol–water partition coefficient (Wildman–Crippen LogP) is 6.64. The molecule has 1 aliphatic heterocycles. The van der Waals surface area contributed by atoms with Crippen molar-refractivity contribution in [3.05, 3.63) is 93.1 Å². The highest BCUT2D eigenvalue weighted by molar-refractivity contribution is 7.84. The molecule has 0 aromatic heterocycles. The Labute approximate surface area is 228 Å². The maximum Gasteiger partial charge on any atom is 0.269 e. The zero-order valence-corrected chi connectivity index (χ0v) is 22.6. The van der Waals surface area contributed by atoms with E-state index in [2.05, 4.69) is 4.99 Å². The van der Waals surface area contributed by atoms with Crippen LogP contribution in [0.15, 0.2) is 82.3 Å². The molecule has 186 valence electrons. The molecule has 0 saturated carbocycles. The Hall–Kier alpha value is -2.64. The van der Waals surface area contributed by atoms with Gasteiger partial charge in [0, 0.05) is 40.6 Å². The van der Waals surface area contributed by atoms with Gasteiger partial charge in [0.2, 0.25) is 0 Å². The summed E-state index contributed by atoms with van der Waals surface area (Å²) in [5, 5.41) is 1.11. The van der Waals surface area contributed by atoms with Crippen molar-refractivity contribution in [3.8, 4) is 11.1 Å². The Balaban J connectivity index is 1.80. The lowest BCUT2D eigenvalue weighted by Crippen LogP contribution is -2.32. The van der Waals surface area contributed by atoms with Crippen molar-refractivity contribution >= 4 is 62.9 Å². The van der Waals surface area contributed by atoms with Gasteiger partial charge in [0.25, 0.3) is 5.91 Å². The van der Waals surface area contributed by atoms with Gasteiger partial charge in [0.05, 0.1) is 26.5 Å². The summed E-state index contributed by atoms with van der Waals surface area (Å²) in [5.41, 5.74) is 9.28. The smallest absolute Gasteiger partial charge is 0.269 e. The molecule has 1 aliphatic rings. The molecular weight excluding hydrogens is 537 g/mol. The molecule has 0 aliphatic carbocycles. The van der Waals surface area contributed by atoms with E-state index in [9.17, 15) is 9.00 Å². The molecule has 0 bridgehead atoms. The van der Waals surface area contributed by atoms with E-state index in [4.69, 9.17) is 40.5 Å². The van der Waals surface area contributed by atoms with Gasteiger partial charge in [-0.1, -0.05) is 65.1 Å². The molecule has 2 N–H and O–H groups in total. The second kappa shape index (κ2) is 11.6. The monoisotopic (exact) mass is 559 g/mol. The summed E-state index contributed by atoms with van der Waals surface area (Å²) in [7, 11) is -1.10. The second-order valence-electron chi connectivity index (χ2n) is 8.34. The van der Waals surface area contributed by atoms with Gasteiger partial charge >= 0.3 is 0 Å². The summed E-state index contributed by atoms with van der Waals surface area (Å²) in [6, 6.07) is 18.0. The second-order valence-corrected chi connectivity index (χ2v) is 10.9. The number of benzene rings is 3. The van der Waals surface area contributed by atoms with Gasteiger partial charge in [-0.2, -0.15) is 0 Å². The molecule has 36 heavy (non-hydrogen) atoms. The highest BCUT2D eigenvalue weighted by Gasteiger charge is 2.21. The predicted molar refractivity (Wildman–Crippen MR) is 150 cm³/mol. The molecule has 1 atom stereocenters. The Bertz CT molecular complexity index is 1380. The van der Waals surface area contributed by atoms with E-state index in [1.54, 1.807) is 41.5 Å². The molecule has 4 rings (SSSR count). The maximum absolute atomic E-state index is 12.9. The SMILES string of the molecule is CS(=O)c1cccc(-c2ccc(C(C=C(N)C(=O)N3CCCC3)=Nc3c(Cl)cccc3Cl)c(Cl)c2)c1. The highest BCUT2D eigenvalue weighted by atomic mass is 35.5. The van der Waals surface area contributed by atoms with E-state index in [0.29, 0.717) is 45.1 Å². The molecule has 1 unspecified atom stereocenters. The van der Waals surface area contributed by atoms with Crippen molar-refractivity contribution in [1.29, 1.82) is 0 Å². The normalized spacial score (nSPS) is 15.3. The number of aliphatic imine (C=N–C) groups is 1. The van der Waals surface area contributed by atoms with Crippen molar-refractivity contribution in [2.75, 3.05) is 19.3 Å². The number of allylic oxidation sites excluding steroid dienone is 1. The quantitative estimate of drug-likeness (QED) is 0.271. The summed E-state index contributed by atoms with van der Waals surface area (Å²) < 4.78 is 11.9. The van der Waals surface area contributed by atoms with Crippen LogP contribution in [0.5, 0.6) is 0 Å². The van der Waals surface area contributed by atoms with Gasteiger partial charge < -0.3 is 10.6 Å². The molecule has 1 heterocycles. The first-order valence-electron chi connectivity index (χ1n) is 11.3. The summed E-state index contributed by atoms with van der Waals surface area (Å²) in [6.07, 6.45) is 5.06. The van der Waals surface area contributed by atoms with Crippen LogP contribution in [0.4, 0.5) is 5.69 Å². The number of carbonyl (C=O) groups excluding carboxylic acids is 1. The largest absolute Gasteiger partial charge is 0.394 e. The van der Waals surface area contributed by atoms with Crippen molar-refractivity contribution in [2.45, 2.75) is 17.7 Å². The molecule has 1 fully saturated rings. The molecule has 9 heteroatoms. The fourth-order valence-corrected chi connectivity index (χ4v) is 5.28. The van der Waals surface area contributed by atoms with Crippen LogP contribution in [0.2, 0.25) is 15.1 Å². The minimum absolute atomic E-state index is 0.0529. The van der Waals surface area contributed by atoms with E-state index in [1.807, 2.05) is 30.3 Å². The van der Waals surface area contributed by atoms with Gasteiger partial charge in [-0.25, -0.2) is 4.99 Å². The molecule has 3 aromatic carbocycles. The highest BCUT2D eigenvalue weighted by Crippen LogP contribution is 2.35. The van der Waals surface area contributed by atoms with E-state index < -0.39 is 10.8 Å². The number of nitrogens with zero attached hydrogens (tertiary/aromatic N) is 2. The Kier molecular flexibility index (Phi) is 8.52. The van der Waals surface area contributed by atoms with Crippen molar-refractivity contribution < 1.29 is 9.00 Å². The zero-order chi connectivity index (χ0) is 25.8. The minimum Gasteiger partial charge on any atom is -0.394 e. The van der Waals surface area contributed by atoms with Gasteiger partial charge in [-0.3, -0.25) is 9.00 Å². The number of amides is 1. The van der Waals surface area contributed by atoms with E-state index >= 15 is 0 Å². The van der Waals surface area contributed by atoms with E-state index in [-0.39, 0.29) is 11.6 Å². The van der Waals surface area contributed by atoms with Gasteiger partial charge in [0.1, 0.15) is 5.69 Å². The van der Waals surface area contributed by atoms with E-state index in [0.717, 1.165) is 28.9 Å². The van der Waals surface area contributed by atoms with Crippen LogP contribution in [-0.4, -0.2) is 40.1 Å². The minimum atomic E-state index is -1.10. The number of halogens is 3. The molecule has 0 spiro atoms. The first-order valence-corrected chi connectivity index (χ1v) is 14.0. The van der Waals surface area contributed by atoms with Crippen LogP contribution < -0.4 is 5.73 Å². The van der Waals surface area contributed by atoms with Crippen LogP contribution >= 0.6 is 34.8 Å². The Morgan fingerprint density at radius 2 is 1.58 bits per heavy atom. The zero-order valence-electron chi connectivity index (χ0n) is 19.5. The van der Waals surface area contributed by atoms with Gasteiger partial charge in [-0.15, -0.1) is 0 Å². The number of rotatable bonds is 6. The van der Waals surface area contributed by atoms with Crippen LogP contribution in [0.25, 0.3) is 11.1 Å². The summed E-state index contributed by atoms with van der Waals surface area (Å²) in [4.78, 5) is 20.0. The fourth-order valence-electron chi connectivity index (χ4n) is 3.96. The maximum atomic E-state index is 12.9. The lowest BCUT2D eigenvalue weighted by atomic mass is 10.0. The topological polar surface area (TPSA) is 75.8 Å². The van der Waals surface area contributed by atoms with Crippen LogP contribution in [0.3, 0.4) is 0 Å². The number of nitrogens with two attached hydrogens (primary N) is 1. The van der Waals surface area contributed by atoms with Crippen molar-refractivity contribution in [1.82, 2.24) is 4.90 Å². The van der Waals surface area contributed by atoms with Crippen molar-refractivity contribution in [3.63, 3.8) is 0 Å². The first-order chi connectivity index (χ1) is 17.2. The number of carbonyl (C=O) groups is 1. The lowest BCUT2D eigenvalue weighted by Gasteiger charge is -2.16. The lowest BCUT2D eigenvalue weighted by molar-refractivity contribution is -0.126. The fraction of sp³-hybridized carbons (Fsp3) is 0.185. The Morgan fingerprint density at radius 1 is 0.944 bits per heavy atom. The average molecular weight is 561 g/mol. The van der Waals surface area contributed by atoms with Crippen LogP contribution in [0, 0.1) is 0 Å². The van der Waals surface area contributed by atoms with E-state index in [1.165, 1.54) is 6.08 Å².